The number of nitrogens with zero attached hydrogens (tertiary/aromatic N) is 3. The van der Waals surface area contributed by atoms with Crippen LogP contribution in [0.1, 0.15) is 42.4 Å². The van der Waals surface area contributed by atoms with Crippen LogP contribution >= 0.6 is 0 Å². The summed E-state index contributed by atoms with van der Waals surface area (Å²) in [6, 6.07) is 17.7. The van der Waals surface area contributed by atoms with Crippen molar-refractivity contribution >= 4 is 11.9 Å². The van der Waals surface area contributed by atoms with Crippen LogP contribution in [0.15, 0.2) is 59.6 Å². The predicted octanol–water partition coefficient (Wildman–Crippen LogP) is 3.03. The van der Waals surface area contributed by atoms with Gasteiger partial charge in [0.05, 0.1) is 6.54 Å². The number of aliphatic hydroxyl groups is 1. The Kier molecular flexibility index (Phi) is 6.80. The molecular weight excluding hydrogens is 400 g/mol. The molecule has 0 bridgehead atoms. The number of aryl methyl sites for hydroxylation is 1. The fourth-order valence-corrected chi connectivity index (χ4v) is 4.92. The van der Waals surface area contributed by atoms with Gasteiger partial charge in [-0.2, -0.15) is 0 Å². The Morgan fingerprint density at radius 2 is 1.59 bits per heavy atom. The van der Waals surface area contributed by atoms with E-state index in [0.717, 1.165) is 31.2 Å². The number of carbonyl (C=O) groups excluding carboxylic acids is 1. The molecule has 2 aliphatic rings. The molecule has 6 heteroatoms. The number of piperazine rings is 1. The van der Waals surface area contributed by atoms with Gasteiger partial charge in [0.15, 0.2) is 11.6 Å². The minimum atomic E-state index is -1.45. The fraction of sp³-hybridized carbons (Fsp3) is 0.462. The molecular formula is C26H34N4O2. The number of amides is 1. The van der Waals surface area contributed by atoms with Gasteiger partial charge in [0.25, 0.3) is 5.91 Å². The highest BCUT2D eigenvalue weighted by molar-refractivity contribution is 5.87. The van der Waals surface area contributed by atoms with Crippen molar-refractivity contribution in [1.29, 1.82) is 0 Å². The lowest BCUT2D eigenvalue weighted by molar-refractivity contribution is -0.160. The lowest BCUT2D eigenvalue weighted by Gasteiger charge is -2.41. The van der Waals surface area contributed by atoms with Crippen LogP contribution in [0, 0.1) is 12.8 Å². The van der Waals surface area contributed by atoms with E-state index in [1.165, 1.54) is 5.56 Å². The highest BCUT2D eigenvalue weighted by Crippen LogP contribution is 2.42. The number of rotatable bonds is 5. The van der Waals surface area contributed by atoms with Crippen LogP contribution in [-0.4, -0.2) is 53.0 Å². The maximum absolute atomic E-state index is 13.6. The number of nitrogens with two attached hydrogens (primary N) is 1. The summed E-state index contributed by atoms with van der Waals surface area (Å²) in [7, 11) is 0. The third kappa shape index (κ3) is 4.65. The minimum absolute atomic E-state index is 0.0310. The topological polar surface area (TPSA) is 82.2 Å². The highest BCUT2D eigenvalue weighted by Gasteiger charge is 2.48. The van der Waals surface area contributed by atoms with Crippen molar-refractivity contribution in [2.24, 2.45) is 16.6 Å². The summed E-state index contributed by atoms with van der Waals surface area (Å²) >= 11 is 0. The molecule has 32 heavy (non-hydrogen) atoms. The lowest BCUT2D eigenvalue weighted by atomic mass is 9.79. The molecule has 1 saturated heterocycles. The van der Waals surface area contributed by atoms with Crippen LogP contribution < -0.4 is 5.73 Å². The largest absolute Gasteiger partial charge is 0.375 e. The van der Waals surface area contributed by atoms with E-state index < -0.39 is 5.60 Å². The number of carbonyl (C=O) groups is 1. The van der Waals surface area contributed by atoms with Crippen LogP contribution in [0.25, 0.3) is 0 Å². The molecule has 1 atom stereocenters. The van der Waals surface area contributed by atoms with E-state index in [4.69, 9.17) is 5.73 Å². The molecule has 4 rings (SSSR count). The molecule has 2 fully saturated rings. The number of benzene rings is 2. The first-order chi connectivity index (χ1) is 15.5. The van der Waals surface area contributed by atoms with Crippen molar-refractivity contribution in [3.05, 3.63) is 71.3 Å². The predicted molar refractivity (Wildman–Crippen MR) is 127 cm³/mol. The van der Waals surface area contributed by atoms with Gasteiger partial charge in [0.2, 0.25) is 0 Å². The number of aliphatic imine (C=N–C) groups is 1. The fourth-order valence-electron chi connectivity index (χ4n) is 4.92. The van der Waals surface area contributed by atoms with Crippen molar-refractivity contribution in [3.8, 4) is 0 Å². The molecule has 3 N–H and O–H groups in total. The Hall–Kier alpha value is -2.86. The van der Waals surface area contributed by atoms with Crippen molar-refractivity contribution in [3.63, 3.8) is 0 Å². The summed E-state index contributed by atoms with van der Waals surface area (Å²) < 4.78 is 0. The minimum Gasteiger partial charge on any atom is -0.375 e. The Balaban J connectivity index is 1.41. The summed E-state index contributed by atoms with van der Waals surface area (Å²) in [5.74, 6) is 0.300. The smallest absolute Gasteiger partial charge is 0.259 e. The molecule has 0 unspecified atom stereocenters. The van der Waals surface area contributed by atoms with E-state index in [0.29, 0.717) is 44.2 Å². The maximum atomic E-state index is 13.6. The first-order valence-electron chi connectivity index (χ1n) is 11.7. The molecule has 0 aromatic heterocycles. The van der Waals surface area contributed by atoms with E-state index in [1.54, 1.807) is 4.90 Å². The lowest BCUT2D eigenvalue weighted by Crippen LogP contribution is -2.58. The van der Waals surface area contributed by atoms with E-state index in [2.05, 4.69) is 36.2 Å². The van der Waals surface area contributed by atoms with Crippen LogP contribution in [-0.2, 0) is 16.9 Å². The molecule has 1 amide bonds. The average molecular weight is 435 g/mol. The maximum Gasteiger partial charge on any atom is 0.259 e. The Bertz CT molecular complexity index is 930. The molecule has 170 valence electrons. The van der Waals surface area contributed by atoms with Gasteiger partial charge in [-0.1, -0.05) is 73.0 Å². The Morgan fingerprint density at radius 1 is 1.00 bits per heavy atom. The first kappa shape index (κ1) is 22.3. The molecule has 2 aromatic carbocycles. The van der Waals surface area contributed by atoms with E-state index >= 15 is 0 Å². The first-order valence-corrected chi connectivity index (χ1v) is 11.7. The third-order valence-electron chi connectivity index (χ3n) is 6.92. The standard InChI is InChI=1S/C26H34N4O2/c1-20-11-13-21(14-12-20)19-28-25(27)30-17-15-29(16-18-30)24(31)26(32,23-9-5-6-10-23)22-7-3-2-4-8-22/h2-4,7-8,11-14,23,32H,5-6,9-10,15-19H2,1H3,(H2,27,28)/t26-/m0/s1. The third-order valence-corrected chi connectivity index (χ3v) is 6.92. The second-order valence-corrected chi connectivity index (χ2v) is 9.05. The van der Waals surface area contributed by atoms with E-state index in [-0.39, 0.29) is 11.8 Å². The van der Waals surface area contributed by atoms with Gasteiger partial charge in [-0.3, -0.25) is 4.79 Å². The molecule has 1 heterocycles. The summed E-state index contributed by atoms with van der Waals surface area (Å²) in [6.07, 6.45) is 3.90. The second-order valence-electron chi connectivity index (χ2n) is 9.05. The zero-order chi connectivity index (χ0) is 22.6. The average Bonchev–Trinajstić information content (AvgIpc) is 3.39. The van der Waals surface area contributed by atoms with Gasteiger partial charge in [-0.05, 0) is 30.9 Å². The molecule has 1 aliphatic carbocycles. The summed E-state index contributed by atoms with van der Waals surface area (Å²) in [4.78, 5) is 22.0. The molecule has 6 nitrogen and oxygen atoms in total. The van der Waals surface area contributed by atoms with Crippen molar-refractivity contribution in [1.82, 2.24) is 9.80 Å². The van der Waals surface area contributed by atoms with Crippen molar-refractivity contribution < 1.29 is 9.90 Å². The monoisotopic (exact) mass is 434 g/mol. The number of guanidine groups is 1. The highest BCUT2D eigenvalue weighted by atomic mass is 16.3. The van der Waals surface area contributed by atoms with Crippen LogP contribution in [0.3, 0.4) is 0 Å². The normalized spacial score (nSPS) is 19.8. The SMILES string of the molecule is Cc1ccc(CN=C(N)N2CCN(C(=O)[C@](O)(c3ccccc3)C3CCCC3)CC2)cc1. The zero-order valence-corrected chi connectivity index (χ0v) is 18.9. The van der Waals surface area contributed by atoms with Crippen LogP contribution in [0.2, 0.25) is 0 Å². The molecule has 0 spiro atoms. The molecule has 0 radical (unpaired) electrons. The van der Waals surface area contributed by atoms with Gasteiger partial charge >= 0.3 is 0 Å². The Labute approximate surface area is 190 Å². The molecule has 2 aromatic rings. The second kappa shape index (κ2) is 9.74. The Morgan fingerprint density at radius 3 is 2.22 bits per heavy atom. The van der Waals surface area contributed by atoms with Crippen LogP contribution in [0.4, 0.5) is 0 Å². The van der Waals surface area contributed by atoms with Gasteiger partial charge in [-0.25, -0.2) is 4.99 Å². The molecule has 1 aliphatic heterocycles. The van der Waals surface area contributed by atoms with Gasteiger partial charge in [0.1, 0.15) is 0 Å². The number of hydrogen-bond acceptors (Lipinski definition) is 3. The number of hydrogen-bond donors (Lipinski definition) is 2. The molecule has 1 saturated carbocycles. The van der Waals surface area contributed by atoms with Gasteiger partial charge in [0, 0.05) is 32.1 Å². The van der Waals surface area contributed by atoms with Crippen LogP contribution in [0.5, 0.6) is 0 Å². The van der Waals surface area contributed by atoms with E-state index in [9.17, 15) is 9.90 Å². The van der Waals surface area contributed by atoms with Crippen molar-refractivity contribution in [2.75, 3.05) is 26.2 Å². The summed E-state index contributed by atoms with van der Waals surface area (Å²) in [5.41, 5.74) is 7.84. The quantitative estimate of drug-likeness (QED) is 0.560. The zero-order valence-electron chi connectivity index (χ0n) is 18.9. The van der Waals surface area contributed by atoms with E-state index in [1.807, 2.05) is 35.2 Å². The summed E-state index contributed by atoms with van der Waals surface area (Å²) in [6.45, 7) is 4.90. The van der Waals surface area contributed by atoms with Gasteiger partial charge in [-0.15, -0.1) is 0 Å². The van der Waals surface area contributed by atoms with Gasteiger partial charge < -0.3 is 20.6 Å². The van der Waals surface area contributed by atoms with Crippen molar-refractivity contribution in [2.45, 2.75) is 44.8 Å². The summed E-state index contributed by atoms with van der Waals surface area (Å²) in [5, 5.41) is 11.8.